The van der Waals surface area contributed by atoms with Crippen LogP contribution in [-0.2, 0) is 19.4 Å². The fraction of sp³-hybridized carbons (Fsp3) is 0.345. The van der Waals surface area contributed by atoms with Crippen molar-refractivity contribution in [2.45, 2.75) is 50.4 Å². The average molecular weight is 440 g/mol. The van der Waals surface area contributed by atoms with E-state index in [1.54, 1.807) is 0 Å². The van der Waals surface area contributed by atoms with Crippen molar-refractivity contribution < 1.29 is 4.74 Å². The van der Waals surface area contributed by atoms with Crippen molar-refractivity contribution >= 4 is 23.9 Å². The van der Waals surface area contributed by atoms with Crippen molar-refractivity contribution in [1.29, 1.82) is 0 Å². The van der Waals surface area contributed by atoms with Crippen molar-refractivity contribution in [2.75, 3.05) is 5.75 Å². The van der Waals surface area contributed by atoms with Crippen molar-refractivity contribution in [3.05, 3.63) is 93.8 Å². The molecule has 0 saturated heterocycles. The van der Waals surface area contributed by atoms with E-state index in [2.05, 4.69) is 78.5 Å². The lowest BCUT2D eigenvalue weighted by Crippen LogP contribution is -2.05. The summed E-state index contributed by atoms with van der Waals surface area (Å²) in [5.74, 6) is 3.16. The van der Waals surface area contributed by atoms with Gasteiger partial charge in [-0.15, -0.1) is 11.8 Å². The molecule has 0 bridgehead atoms. The van der Waals surface area contributed by atoms with Crippen LogP contribution in [0.2, 0.25) is 0 Å². The molecule has 1 aliphatic heterocycles. The Hall–Kier alpha value is -2.52. The molecule has 3 aromatic rings. The van der Waals surface area contributed by atoms with Crippen molar-refractivity contribution in [3.8, 4) is 5.75 Å². The zero-order chi connectivity index (χ0) is 21.3. The summed E-state index contributed by atoms with van der Waals surface area (Å²) in [6, 6.07) is 19.9. The number of aryl methyl sites for hydroxylation is 2. The first-order valence-corrected chi connectivity index (χ1v) is 13.0. The Morgan fingerprint density at radius 2 is 1.81 bits per heavy atom. The monoisotopic (exact) mass is 439 g/mol. The molecule has 0 spiro atoms. The lowest BCUT2D eigenvalue weighted by Gasteiger charge is -2.19. The average Bonchev–Trinajstić information content (AvgIpc) is 3.68. The Bertz CT molecular complexity index is 1160. The third kappa shape index (κ3) is 4.23. The number of pyridine rings is 1. The number of rotatable bonds is 5. The van der Waals surface area contributed by atoms with Gasteiger partial charge in [-0.2, -0.15) is 0 Å². The van der Waals surface area contributed by atoms with Crippen LogP contribution in [0.15, 0.2) is 54.6 Å². The molecular weight excluding hydrogens is 410 g/mol. The second-order valence-electron chi connectivity index (χ2n) is 9.32. The van der Waals surface area contributed by atoms with E-state index in [1.807, 2.05) is 0 Å². The maximum atomic E-state index is 6.26. The number of aromatic nitrogens is 1. The SMILES string of the molecule is C(=C\c1ccc2c(n1)CCCC2)/c1ccc2c(c1)C(SCC1CC1)c1ccccc1CO2. The Morgan fingerprint density at radius 1 is 0.906 bits per heavy atom. The molecule has 2 nitrogen and oxygen atoms in total. The second-order valence-corrected chi connectivity index (χ2v) is 10.5. The molecule has 0 N–H and O–H groups in total. The summed E-state index contributed by atoms with van der Waals surface area (Å²) in [5, 5.41) is 0.333. The molecule has 162 valence electrons. The lowest BCUT2D eigenvalue weighted by atomic mass is 9.96. The van der Waals surface area contributed by atoms with Gasteiger partial charge in [0.2, 0.25) is 0 Å². The Kier molecular flexibility index (Phi) is 5.52. The Balaban J connectivity index is 1.31. The smallest absolute Gasteiger partial charge is 0.124 e. The van der Waals surface area contributed by atoms with Crippen molar-refractivity contribution in [2.24, 2.45) is 5.92 Å². The maximum Gasteiger partial charge on any atom is 0.124 e. The summed E-state index contributed by atoms with van der Waals surface area (Å²) >= 11 is 2.09. The molecule has 1 unspecified atom stereocenters. The quantitative estimate of drug-likeness (QED) is 0.418. The highest BCUT2D eigenvalue weighted by Crippen LogP contribution is 2.47. The van der Waals surface area contributed by atoms with Crippen LogP contribution in [0.25, 0.3) is 12.2 Å². The van der Waals surface area contributed by atoms with E-state index in [4.69, 9.17) is 9.72 Å². The van der Waals surface area contributed by atoms with Crippen molar-refractivity contribution in [3.63, 3.8) is 0 Å². The van der Waals surface area contributed by atoms with Gasteiger partial charge < -0.3 is 4.74 Å². The molecule has 1 atom stereocenters. The highest BCUT2D eigenvalue weighted by atomic mass is 32.2. The summed E-state index contributed by atoms with van der Waals surface area (Å²) in [4.78, 5) is 4.92. The number of nitrogens with zero attached hydrogens (tertiary/aromatic N) is 1. The van der Waals surface area contributed by atoms with Gasteiger partial charge in [0.1, 0.15) is 12.4 Å². The predicted octanol–water partition coefficient (Wildman–Crippen LogP) is 7.26. The molecule has 32 heavy (non-hydrogen) atoms. The molecule has 1 aromatic heterocycles. The molecule has 1 saturated carbocycles. The lowest BCUT2D eigenvalue weighted by molar-refractivity contribution is 0.307. The number of thioether (sulfide) groups is 1. The van der Waals surface area contributed by atoms with Crippen LogP contribution in [0, 0.1) is 5.92 Å². The number of benzene rings is 2. The molecule has 2 aromatic carbocycles. The zero-order valence-corrected chi connectivity index (χ0v) is 19.2. The maximum absolute atomic E-state index is 6.26. The van der Waals surface area contributed by atoms with Gasteiger partial charge in [-0.1, -0.05) is 42.5 Å². The highest BCUT2D eigenvalue weighted by Gasteiger charge is 2.28. The first-order valence-electron chi connectivity index (χ1n) is 12.0. The standard InChI is InChI=1S/C29H29NOS/c1-3-7-25-23(6-1)18-31-28-16-12-20(17-26(28)29(25)32-19-21-9-10-21)11-14-24-15-13-22-5-2-4-8-27(22)30-24/h1,3,6-7,11-17,21,29H,2,4-5,8-10,18-19H2/b14-11+. The third-order valence-corrected chi connectivity index (χ3v) is 8.38. The van der Waals surface area contributed by atoms with Gasteiger partial charge >= 0.3 is 0 Å². The fourth-order valence-corrected chi connectivity index (χ4v) is 6.39. The van der Waals surface area contributed by atoms with Crippen LogP contribution >= 0.6 is 11.8 Å². The molecule has 6 rings (SSSR count). The minimum Gasteiger partial charge on any atom is -0.489 e. The number of hydrogen-bond acceptors (Lipinski definition) is 3. The van der Waals surface area contributed by atoms with Gasteiger partial charge in [-0.3, -0.25) is 4.98 Å². The summed E-state index contributed by atoms with van der Waals surface area (Å²) in [5.41, 5.74) is 9.03. The van der Waals surface area contributed by atoms with Crippen LogP contribution in [0.4, 0.5) is 0 Å². The molecule has 0 radical (unpaired) electrons. The third-order valence-electron chi connectivity index (χ3n) is 6.88. The first kappa shape index (κ1) is 20.1. The van der Waals surface area contributed by atoms with E-state index in [1.165, 1.54) is 71.4 Å². The van der Waals surface area contributed by atoms with E-state index in [-0.39, 0.29) is 0 Å². The molecule has 3 aliphatic rings. The summed E-state index contributed by atoms with van der Waals surface area (Å²) in [6.07, 6.45) is 12.0. The Labute approximate surface area is 195 Å². The van der Waals surface area contributed by atoms with Crippen LogP contribution in [0.1, 0.15) is 70.1 Å². The van der Waals surface area contributed by atoms with E-state index in [0.29, 0.717) is 11.9 Å². The number of ether oxygens (including phenoxy) is 1. The molecule has 1 fully saturated rings. The number of hydrogen-bond donors (Lipinski definition) is 0. The summed E-state index contributed by atoms with van der Waals surface area (Å²) in [7, 11) is 0. The first-order chi connectivity index (χ1) is 15.8. The molecule has 2 aliphatic carbocycles. The van der Waals surface area contributed by atoms with E-state index in [0.717, 1.165) is 23.8 Å². The molecule has 3 heteroatoms. The van der Waals surface area contributed by atoms with Crippen LogP contribution < -0.4 is 4.74 Å². The van der Waals surface area contributed by atoms with E-state index < -0.39 is 0 Å². The minimum absolute atomic E-state index is 0.333. The van der Waals surface area contributed by atoms with Crippen LogP contribution in [0.3, 0.4) is 0 Å². The molecule has 0 amide bonds. The Morgan fingerprint density at radius 3 is 2.75 bits per heavy atom. The van der Waals surface area contributed by atoms with Crippen LogP contribution in [0.5, 0.6) is 5.75 Å². The fourth-order valence-electron chi connectivity index (χ4n) is 4.82. The van der Waals surface area contributed by atoms with Crippen LogP contribution in [-0.4, -0.2) is 10.7 Å². The van der Waals surface area contributed by atoms with Gasteiger partial charge in [0.25, 0.3) is 0 Å². The van der Waals surface area contributed by atoms with Crippen molar-refractivity contribution in [1.82, 2.24) is 4.98 Å². The van der Waals surface area contributed by atoms with E-state index in [9.17, 15) is 0 Å². The van der Waals surface area contributed by atoms with Gasteiger partial charge in [-0.25, -0.2) is 0 Å². The minimum atomic E-state index is 0.333. The second kappa shape index (κ2) is 8.78. The van der Waals surface area contributed by atoms with Gasteiger partial charge in [0.15, 0.2) is 0 Å². The topological polar surface area (TPSA) is 22.1 Å². The largest absolute Gasteiger partial charge is 0.489 e. The van der Waals surface area contributed by atoms with Gasteiger partial charge in [-0.05, 0) is 96.7 Å². The molecular formula is C29H29NOS. The number of fused-ring (bicyclic) bond motifs is 3. The van der Waals surface area contributed by atoms with E-state index >= 15 is 0 Å². The van der Waals surface area contributed by atoms with Gasteiger partial charge in [0.05, 0.1) is 10.9 Å². The summed E-state index contributed by atoms with van der Waals surface area (Å²) in [6.45, 7) is 0.651. The predicted molar refractivity (Wildman–Crippen MR) is 134 cm³/mol. The zero-order valence-electron chi connectivity index (χ0n) is 18.4. The summed E-state index contributed by atoms with van der Waals surface area (Å²) < 4.78 is 6.26. The highest BCUT2D eigenvalue weighted by molar-refractivity contribution is 7.99. The van der Waals surface area contributed by atoms with Gasteiger partial charge in [0, 0.05) is 11.3 Å². The molecule has 2 heterocycles. The normalized spacial score (nSPS) is 19.6.